The highest BCUT2D eigenvalue weighted by Crippen LogP contribution is 2.13. The standard InChI is InChI=1S/C13H16F2N2O2/c1-9(17-4-6-19-7-5-17)13(18)16-10-2-3-11(14)12(15)8-10/h2-3,8-9H,4-7H2,1H3,(H,16,18)/p+1/t9-/m0/s1. The molecule has 1 amide bonds. The molecule has 4 nitrogen and oxygen atoms in total. The first-order valence-electron chi connectivity index (χ1n) is 6.26. The summed E-state index contributed by atoms with van der Waals surface area (Å²) in [4.78, 5) is 13.1. The van der Waals surface area contributed by atoms with E-state index in [1.165, 1.54) is 6.07 Å². The van der Waals surface area contributed by atoms with Crippen LogP contribution in [0.3, 0.4) is 0 Å². The third-order valence-electron chi connectivity index (χ3n) is 3.33. The average Bonchev–Trinajstić information content (AvgIpc) is 2.43. The van der Waals surface area contributed by atoms with E-state index in [1.807, 2.05) is 6.92 Å². The highest BCUT2D eigenvalue weighted by atomic mass is 19.2. The van der Waals surface area contributed by atoms with Gasteiger partial charge in [0.2, 0.25) is 0 Å². The molecular weight excluding hydrogens is 254 g/mol. The van der Waals surface area contributed by atoms with Crippen LogP contribution in [0.5, 0.6) is 0 Å². The van der Waals surface area contributed by atoms with Crippen LogP contribution in [0.2, 0.25) is 0 Å². The Hall–Kier alpha value is -1.53. The largest absolute Gasteiger partial charge is 0.370 e. The maximum atomic E-state index is 13.0. The summed E-state index contributed by atoms with van der Waals surface area (Å²) in [5, 5.41) is 2.60. The zero-order chi connectivity index (χ0) is 13.8. The quantitative estimate of drug-likeness (QED) is 0.825. The van der Waals surface area contributed by atoms with Gasteiger partial charge in [-0.15, -0.1) is 0 Å². The van der Waals surface area contributed by atoms with Crippen molar-refractivity contribution in [2.45, 2.75) is 13.0 Å². The van der Waals surface area contributed by atoms with Crippen molar-refractivity contribution in [3.8, 4) is 0 Å². The topological polar surface area (TPSA) is 42.8 Å². The number of ether oxygens (including phenoxy) is 1. The second kappa shape index (κ2) is 6.08. The van der Waals surface area contributed by atoms with Crippen LogP contribution in [0.15, 0.2) is 18.2 Å². The van der Waals surface area contributed by atoms with Crippen molar-refractivity contribution in [1.82, 2.24) is 0 Å². The molecule has 0 unspecified atom stereocenters. The number of anilines is 1. The normalized spacial score (nSPS) is 18.1. The van der Waals surface area contributed by atoms with Gasteiger partial charge in [-0.25, -0.2) is 8.78 Å². The van der Waals surface area contributed by atoms with Crippen LogP contribution in [-0.4, -0.2) is 38.3 Å². The van der Waals surface area contributed by atoms with Crippen LogP contribution in [0.4, 0.5) is 14.5 Å². The number of amides is 1. The molecule has 1 aromatic carbocycles. The van der Waals surface area contributed by atoms with Crippen LogP contribution >= 0.6 is 0 Å². The smallest absolute Gasteiger partial charge is 0.282 e. The predicted octanol–water partition coefficient (Wildman–Crippen LogP) is 0.207. The van der Waals surface area contributed by atoms with E-state index in [9.17, 15) is 13.6 Å². The lowest BCUT2D eigenvalue weighted by atomic mass is 10.2. The van der Waals surface area contributed by atoms with Gasteiger partial charge in [0.05, 0.1) is 13.2 Å². The Balaban J connectivity index is 1.97. The summed E-state index contributed by atoms with van der Waals surface area (Å²) in [5.41, 5.74) is 0.267. The Morgan fingerprint density at radius 2 is 2.00 bits per heavy atom. The maximum absolute atomic E-state index is 13.0. The Labute approximate surface area is 110 Å². The third kappa shape index (κ3) is 3.48. The zero-order valence-corrected chi connectivity index (χ0v) is 10.7. The van der Waals surface area contributed by atoms with E-state index in [0.717, 1.165) is 30.1 Å². The number of benzene rings is 1. The fourth-order valence-corrected chi connectivity index (χ4v) is 2.08. The van der Waals surface area contributed by atoms with Gasteiger partial charge in [-0.2, -0.15) is 0 Å². The molecule has 0 radical (unpaired) electrons. The number of morpholine rings is 1. The molecule has 6 heteroatoms. The van der Waals surface area contributed by atoms with Gasteiger partial charge >= 0.3 is 0 Å². The van der Waals surface area contributed by atoms with Gasteiger partial charge in [-0.05, 0) is 19.1 Å². The molecule has 1 aliphatic heterocycles. The van der Waals surface area contributed by atoms with Crippen molar-refractivity contribution < 1.29 is 23.2 Å². The van der Waals surface area contributed by atoms with Gasteiger partial charge < -0.3 is 15.0 Å². The Morgan fingerprint density at radius 1 is 1.32 bits per heavy atom. The van der Waals surface area contributed by atoms with E-state index in [1.54, 1.807) is 0 Å². The van der Waals surface area contributed by atoms with E-state index >= 15 is 0 Å². The molecule has 1 aromatic rings. The average molecular weight is 271 g/mol. The molecule has 0 saturated carbocycles. The first-order chi connectivity index (χ1) is 9.08. The van der Waals surface area contributed by atoms with Crippen LogP contribution in [-0.2, 0) is 9.53 Å². The summed E-state index contributed by atoms with van der Waals surface area (Å²) >= 11 is 0. The molecule has 0 bridgehead atoms. The van der Waals surface area contributed by atoms with E-state index in [4.69, 9.17) is 4.74 Å². The van der Waals surface area contributed by atoms with Gasteiger partial charge in [0.25, 0.3) is 5.91 Å². The summed E-state index contributed by atoms with van der Waals surface area (Å²) in [6, 6.07) is 3.07. The highest BCUT2D eigenvalue weighted by Gasteiger charge is 2.26. The molecule has 1 aliphatic rings. The molecule has 104 valence electrons. The minimum Gasteiger partial charge on any atom is -0.370 e. The number of nitrogens with one attached hydrogen (secondary N) is 2. The lowest BCUT2D eigenvalue weighted by molar-refractivity contribution is -0.921. The first kappa shape index (κ1) is 13.9. The Morgan fingerprint density at radius 3 is 2.63 bits per heavy atom. The van der Waals surface area contributed by atoms with E-state index < -0.39 is 11.6 Å². The molecule has 0 aromatic heterocycles. The number of halogens is 2. The molecule has 2 N–H and O–H groups in total. The molecule has 1 heterocycles. The van der Waals surface area contributed by atoms with E-state index in [-0.39, 0.29) is 17.6 Å². The maximum Gasteiger partial charge on any atom is 0.282 e. The molecule has 1 saturated heterocycles. The Bertz CT molecular complexity index is 462. The molecule has 0 spiro atoms. The predicted molar refractivity (Wildman–Crippen MR) is 66.0 cm³/mol. The minimum absolute atomic E-state index is 0.206. The lowest BCUT2D eigenvalue weighted by Crippen LogP contribution is -3.18. The highest BCUT2D eigenvalue weighted by molar-refractivity contribution is 5.93. The summed E-state index contributed by atoms with van der Waals surface area (Å²) in [7, 11) is 0. The zero-order valence-electron chi connectivity index (χ0n) is 10.7. The van der Waals surface area contributed by atoms with Crippen LogP contribution in [0.1, 0.15) is 6.92 Å². The number of carbonyl (C=O) groups excluding carboxylic acids is 1. The van der Waals surface area contributed by atoms with Gasteiger partial charge in [0, 0.05) is 11.8 Å². The van der Waals surface area contributed by atoms with Crippen LogP contribution in [0.25, 0.3) is 0 Å². The SMILES string of the molecule is C[C@@H](C(=O)Nc1ccc(F)c(F)c1)[NH+]1CCOCC1. The first-order valence-corrected chi connectivity index (χ1v) is 6.26. The van der Waals surface area contributed by atoms with Gasteiger partial charge in [-0.3, -0.25) is 4.79 Å². The lowest BCUT2D eigenvalue weighted by Gasteiger charge is -2.28. The van der Waals surface area contributed by atoms with Crippen molar-refractivity contribution in [2.24, 2.45) is 0 Å². The molecule has 2 rings (SSSR count). The fourth-order valence-electron chi connectivity index (χ4n) is 2.08. The number of carbonyl (C=O) groups is 1. The van der Waals surface area contributed by atoms with Gasteiger partial charge in [0.1, 0.15) is 13.1 Å². The molecule has 0 aliphatic carbocycles. The van der Waals surface area contributed by atoms with E-state index in [0.29, 0.717) is 13.2 Å². The van der Waals surface area contributed by atoms with Gasteiger partial charge in [-0.1, -0.05) is 0 Å². The summed E-state index contributed by atoms with van der Waals surface area (Å²) in [5.74, 6) is -2.10. The number of hydrogen-bond donors (Lipinski definition) is 2. The van der Waals surface area contributed by atoms with Crippen molar-refractivity contribution in [3.63, 3.8) is 0 Å². The molecule has 1 fully saturated rings. The second-order valence-electron chi connectivity index (χ2n) is 4.61. The number of quaternary nitrogens is 1. The monoisotopic (exact) mass is 271 g/mol. The van der Waals surface area contributed by atoms with Crippen molar-refractivity contribution >= 4 is 11.6 Å². The van der Waals surface area contributed by atoms with Crippen LogP contribution in [0, 0.1) is 11.6 Å². The minimum atomic E-state index is -0.968. The fraction of sp³-hybridized carbons (Fsp3) is 0.462. The molecule has 1 atom stereocenters. The van der Waals surface area contributed by atoms with Crippen LogP contribution < -0.4 is 10.2 Å². The molecular formula is C13H17F2N2O2+. The number of rotatable bonds is 3. The second-order valence-corrected chi connectivity index (χ2v) is 4.61. The van der Waals surface area contributed by atoms with Crippen molar-refractivity contribution in [2.75, 3.05) is 31.6 Å². The third-order valence-corrected chi connectivity index (χ3v) is 3.33. The van der Waals surface area contributed by atoms with E-state index in [2.05, 4.69) is 5.32 Å². The molecule has 19 heavy (non-hydrogen) atoms. The summed E-state index contributed by atoms with van der Waals surface area (Å²) in [6.07, 6.45) is 0. The Kier molecular flexibility index (Phi) is 4.44. The van der Waals surface area contributed by atoms with Crippen molar-refractivity contribution in [1.29, 1.82) is 0 Å². The summed E-state index contributed by atoms with van der Waals surface area (Å²) < 4.78 is 31.1. The van der Waals surface area contributed by atoms with Gasteiger partial charge in [0.15, 0.2) is 17.7 Å². The summed E-state index contributed by atoms with van der Waals surface area (Å²) in [6.45, 7) is 4.63. The van der Waals surface area contributed by atoms with Crippen molar-refractivity contribution in [3.05, 3.63) is 29.8 Å². The number of hydrogen-bond acceptors (Lipinski definition) is 2.